The van der Waals surface area contributed by atoms with Crippen LogP contribution >= 0.6 is 11.6 Å². The normalized spacial score (nSPS) is 11.0. The standard InChI is InChI=1S/C21H27ClN8O2/c1-3-29-14-7-6-13(20(31)25-9-5-8-23)10-15(14)30(4-2)17(29)12-27-21(32)18-19(24)26-11-16(22)28-18/h6-7,10-11H,3-5,8-9,12,23H2,1-2H3,(H3-,24,25,26,27,31,32)/p+1. The maximum atomic E-state index is 12.6. The van der Waals surface area contributed by atoms with Crippen molar-refractivity contribution in [1.82, 2.24) is 25.2 Å². The van der Waals surface area contributed by atoms with E-state index in [4.69, 9.17) is 23.1 Å². The fourth-order valence-electron chi connectivity index (χ4n) is 3.62. The number of benzene rings is 1. The number of aryl methyl sites for hydroxylation is 2. The zero-order chi connectivity index (χ0) is 23.3. The van der Waals surface area contributed by atoms with Crippen molar-refractivity contribution in [3.63, 3.8) is 0 Å². The third-order valence-corrected chi connectivity index (χ3v) is 5.32. The highest BCUT2D eigenvalue weighted by Gasteiger charge is 2.25. The summed E-state index contributed by atoms with van der Waals surface area (Å²) in [6, 6.07) is 5.60. The Hall–Kier alpha value is -3.24. The zero-order valence-corrected chi connectivity index (χ0v) is 18.9. The molecule has 6 N–H and O–H groups in total. The predicted molar refractivity (Wildman–Crippen MR) is 122 cm³/mol. The van der Waals surface area contributed by atoms with Crippen LogP contribution in [0.3, 0.4) is 0 Å². The smallest absolute Gasteiger partial charge is 0.277 e. The predicted octanol–water partition coefficient (Wildman–Crippen LogP) is 1.00. The van der Waals surface area contributed by atoms with Gasteiger partial charge in [-0.25, -0.2) is 19.1 Å². The molecule has 0 saturated heterocycles. The minimum Gasteiger partial charge on any atom is -0.382 e. The lowest BCUT2D eigenvalue weighted by Crippen LogP contribution is -2.40. The van der Waals surface area contributed by atoms with Crippen molar-refractivity contribution in [1.29, 1.82) is 0 Å². The first-order valence-electron chi connectivity index (χ1n) is 10.5. The van der Waals surface area contributed by atoms with Crippen molar-refractivity contribution < 1.29 is 14.2 Å². The number of aromatic nitrogens is 4. The van der Waals surface area contributed by atoms with Crippen LogP contribution < -0.4 is 26.7 Å². The van der Waals surface area contributed by atoms with E-state index in [1.807, 2.05) is 26.0 Å². The Balaban J connectivity index is 1.91. The molecule has 0 aliphatic heterocycles. The topological polar surface area (TPSA) is 145 Å². The first-order chi connectivity index (χ1) is 15.4. The summed E-state index contributed by atoms with van der Waals surface area (Å²) < 4.78 is 4.17. The van der Waals surface area contributed by atoms with E-state index in [1.165, 1.54) is 6.20 Å². The van der Waals surface area contributed by atoms with Gasteiger partial charge in [-0.05, 0) is 38.9 Å². The monoisotopic (exact) mass is 459 g/mol. The van der Waals surface area contributed by atoms with Crippen LogP contribution in [-0.4, -0.2) is 39.4 Å². The Morgan fingerprint density at radius 1 is 1.22 bits per heavy atom. The molecular formula is C21H28ClN8O2+. The molecular weight excluding hydrogens is 432 g/mol. The number of fused-ring (bicyclic) bond motifs is 1. The Bertz CT molecular complexity index is 1140. The third kappa shape index (κ3) is 4.81. The van der Waals surface area contributed by atoms with Gasteiger partial charge < -0.3 is 22.1 Å². The summed E-state index contributed by atoms with van der Waals surface area (Å²) in [6.07, 6.45) is 2.01. The van der Waals surface area contributed by atoms with Gasteiger partial charge in [0.25, 0.3) is 17.6 Å². The maximum Gasteiger partial charge on any atom is 0.277 e. The van der Waals surface area contributed by atoms with Gasteiger partial charge in [-0.2, -0.15) is 0 Å². The highest BCUT2D eigenvalue weighted by Crippen LogP contribution is 2.18. The molecule has 3 rings (SSSR count). The SMILES string of the molecule is CCn1c(CNC(=O)c2nc(Cl)cnc2N)[n+](CC)c2ccc(C(=O)NCCCN)cc21. The summed E-state index contributed by atoms with van der Waals surface area (Å²) in [5, 5.41) is 5.82. The molecule has 0 aliphatic rings. The molecule has 0 spiro atoms. The van der Waals surface area contributed by atoms with Gasteiger partial charge >= 0.3 is 0 Å². The maximum absolute atomic E-state index is 12.6. The van der Waals surface area contributed by atoms with Gasteiger partial charge in [0.1, 0.15) is 11.7 Å². The van der Waals surface area contributed by atoms with Crippen LogP contribution in [0.15, 0.2) is 24.4 Å². The van der Waals surface area contributed by atoms with Crippen LogP contribution in [0.2, 0.25) is 5.15 Å². The molecule has 0 unspecified atom stereocenters. The van der Waals surface area contributed by atoms with Gasteiger partial charge in [0.15, 0.2) is 22.5 Å². The summed E-state index contributed by atoms with van der Waals surface area (Å²) in [6.45, 7) is 6.68. The van der Waals surface area contributed by atoms with Gasteiger partial charge in [0.2, 0.25) is 0 Å². The van der Waals surface area contributed by atoms with Crippen LogP contribution in [0, 0.1) is 0 Å². The van der Waals surface area contributed by atoms with Gasteiger partial charge in [0.05, 0.1) is 19.3 Å². The average molecular weight is 460 g/mol. The van der Waals surface area contributed by atoms with E-state index in [1.54, 1.807) is 6.07 Å². The molecule has 0 atom stereocenters. The molecule has 1 aromatic carbocycles. The van der Waals surface area contributed by atoms with Crippen LogP contribution in [0.25, 0.3) is 11.0 Å². The highest BCUT2D eigenvalue weighted by atomic mass is 35.5. The summed E-state index contributed by atoms with van der Waals surface area (Å²) in [5.74, 6) is 0.286. The summed E-state index contributed by atoms with van der Waals surface area (Å²) in [4.78, 5) is 33.0. The number of nitrogens with zero attached hydrogens (tertiary/aromatic N) is 4. The lowest BCUT2D eigenvalue weighted by Gasteiger charge is -2.07. The number of rotatable bonds is 9. The molecule has 2 aromatic heterocycles. The molecule has 0 aliphatic carbocycles. The van der Waals surface area contributed by atoms with Gasteiger partial charge in [-0.1, -0.05) is 11.6 Å². The van der Waals surface area contributed by atoms with E-state index in [0.29, 0.717) is 31.7 Å². The first-order valence-corrected chi connectivity index (χ1v) is 10.9. The Morgan fingerprint density at radius 3 is 2.69 bits per heavy atom. The van der Waals surface area contributed by atoms with Crippen molar-refractivity contribution in [3.05, 3.63) is 46.6 Å². The number of nitrogens with one attached hydrogen (secondary N) is 2. The summed E-state index contributed by atoms with van der Waals surface area (Å²) in [7, 11) is 0. The summed E-state index contributed by atoms with van der Waals surface area (Å²) >= 11 is 5.85. The molecule has 0 fully saturated rings. The van der Waals surface area contributed by atoms with Crippen molar-refractivity contribution >= 4 is 40.3 Å². The number of hydrogen-bond donors (Lipinski definition) is 4. The number of imidazole rings is 1. The van der Waals surface area contributed by atoms with E-state index in [-0.39, 0.29) is 29.1 Å². The van der Waals surface area contributed by atoms with Crippen LogP contribution in [0.1, 0.15) is 46.9 Å². The van der Waals surface area contributed by atoms with E-state index >= 15 is 0 Å². The van der Waals surface area contributed by atoms with Crippen LogP contribution in [-0.2, 0) is 19.6 Å². The van der Waals surface area contributed by atoms with E-state index < -0.39 is 5.91 Å². The number of carbonyl (C=O) groups is 2. The second-order valence-electron chi connectivity index (χ2n) is 7.12. The second kappa shape index (κ2) is 10.4. The quantitative estimate of drug-likeness (QED) is 0.277. The number of carbonyl (C=O) groups excluding carboxylic acids is 2. The van der Waals surface area contributed by atoms with Gasteiger partial charge in [0, 0.05) is 18.2 Å². The Labute approximate surface area is 191 Å². The van der Waals surface area contributed by atoms with Crippen molar-refractivity contribution in [2.45, 2.75) is 39.9 Å². The largest absolute Gasteiger partial charge is 0.382 e. The number of nitrogens with two attached hydrogens (primary N) is 2. The van der Waals surface area contributed by atoms with E-state index in [9.17, 15) is 9.59 Å². The average Bonchev–Trinajstić information content (AvgIpc) is 3.10. The second-order valence-corrected chi connectivity index (χ2v) is 7.50. The molecule has 170 valence electrons. The van der Waals surface area contributed by atoms with Gasteiger partial charge in [-0.3, -0.25) is 9.59 Å². The van der Waals surface area contributed by atoms with E-state index in [2.05, 4.69) is 29.7 Å². The lowest BCUT2D eigenvalue weighted by molar-refractivity contribution is -0.676. The fourth-order valence-corrected chi connectivity index (χ4v) is 3.76. The minimum atomic E-state index is -0.465. The Morgan fingerprint density at radius 2 is 2.00 bits per heavy atom. The number of nitrogen functional groups attached to an aromatic ring is 1. The molecule has 11 heteroatoms. The number of halogens is 1. The first kappa shape index (κ1) is 23.4. The van der Waals surface area contributed by atoms with Crippen molar-refractivity contribution in [2.75, 3.05) is 18.8 Å². The molecule has 3 aromatic rings. The van der Waals surface area contributed by atoms with Gasteiger partial charge in [-0.15, -0.1) is 0 Å². The number of hydrogen-bond acceptors (Lipinski definition) is 6. The van der Waals surface area contributed by atoms with Crippen LogP contribution in [0.4, 0.5) is 5.82 Å². The molecule has 2 heterocycles. The molecule has 0 bridgehead atoms. The number of anilines is 1. The summed E-state index contributed by atoms with van der Waals surface area (Å²) in [5.41, 5.74) is 13.7. The highest BCUT2D eigenvalue weighted by molar-refractivity contribution is 6.29. The van der Waals surface area contributed by atoms with Crippen molar-refractivity contribution in [2.24, 2.45) is 5.73 Å². The zero-order valence-electron chi connectivity index (χ0n) is 18.2. The molecule has 10 nitrogen and oxygen atoms in total. The molecule has 2 amide bonds. The van der Waals surface area contributed by atoms with Crippen LogP contribution in [0.5, 0.6) is 0 Å². The minimum absolute atomic E-state index is 0.0107. The Kier molecular flexibility index (Phi) is 7.60. The molecule has 0 saturated carbocycles. The van der Waals surface area contributed by atoms with Crippen molar-refractivity contribution in [3.8, 4) is 0 Å². The lowest BCUT2D eigenvalue weighted by atomic mass is 10.2. The third-order valence-electron chi connectivity index (χ3n) is 5.13. The molecule has 32 heavy (non-hydrogen) atoms. The fraction of sp³-hybridized carbons (Fsp3) is 0.381. The number of amides is 2. The molecule has 0 radical (unpaired) electrons. The van der Waals surface area contributed by atoms with E-state index in [0.717, 1.165) is 23.3 Å².